The Kier molecular flexibility index (Phi) is 2.71. The summed E-state index contributed by atoms with van der Waals surface area (Å²) in [6.45, 7) is 0.764. The molecule has 0 bridgehead atoms. The van der Waals surface area contributed by atoms with Crippen molar-refractivity contribution < 1.29 is 4.39 Å². The van der Waals surface area contributed by atoms with E-state index in [1.54, 1.807) is 12.3 Å². The van der Waals surface area contributed by atoms with Gasteiger partial charge in [0.25, 0.3) is 0 Å². The molecule has 0 fully saturated rings. The lowest BCUT2D eigenvalue weighted by molar-refractivity contribution is 0.629. The first-order valence-corrected chi connectivity index (χ1v) is 6.88. The van der Waals surface area contributed by atoms with Crippen molar-refractivity contribution in [1.29, 1.82) is 0 Å². The lowest BCUT2D eigenvalue weighted by Crippen LogP contribution is -1.97. The van der Waals surface area contributed by atoms with E-state index in [0.717, 1.165) is 28.4 Å². The van der Waals surface area contributed by atoms with Gasteiger partial charge in [0.2, 0.25) is 0 Å². The number of aromatic nitrogens is 2. The molecule has 2 nitrogen and oxygen atoms in total. The molecule has 4 rings (SSSR count). The smallest absolute Gasteiger partial charge is 0.123 e. The fraction of sp³-hybridized carbons (Fsp3) is 0.0556. The number of fused-ring (bicyclic) bond motifs is 2. The van der Waals surface area contributed by atoms with Crippen LogP contribution in [-0.4, -0.2) is 9.55 Å². The molecular formula is C18H13FN2. The summed E-state index contributed by atoms with van der Waals surface area (Å²) in [7, 11) is 0. The summed E-state index contributed by atoms with van der Waals surface area (Å²) in [4.78, 5) is 4.33. The van der Waals surface area contributed by atoms with Gasteiger partial charge in [0.15, 0.2) is 0 Å². The molecule has 0 aliphatic heterocycles. The summed E-state index contributed by atoms with van der Waals surface area (Å²) in [5.41, 5.74) is 3.25. The third-order valence-corrected chi connectivity index (χ3v) is 3.75. The summed E-state index contributed by atoms with van der Waals surface area (Å²) in [5.74, 6) is -0.197. The van der Waals surface area contributed by atoms with Crippen LogP contribution in [0.25, 0.3) is 21.8 Å². The van der Waals surface area contributed by atoms with Crippen molar-refractivity contribution >= 4 is 21.8 Å². The predicted octanol–water partition coefficient (Wildman–Crippen LogP) is 4.38. The number of hydrogen-bond acceptors (Lipinski definition) is 1. The van der Waals surface area contributed by atoms with Crippen molar-refractivity contribution in [3.05, 3.63) is 78.4 Å². The van der Waals surface area contributed by atoms with Crippen molar-refractivity contribution in [1.82, 2.24) is 9.55 Å². The number of rotatable bonds is 2. The van der Waals surface area contributed by atoms with Gasteiger partial charge in [-0.15, -0.1) is 0 Å². The maximum absolute atomic E-state index is 13.2. The maximum Gasteiger partial charge on any atom is 0.123 e. The Labute approximate surface area is 121 Å². The second-order valence-corrected chi connectivity index (χ2v) is 5.18. The molecular weight excluding hydrogens is 263 g/mol. The van der Waals surface area contributed by atoms with Gasteiger partial charge in [-0.3, -0.25) is 4.98 Å². The van der Waals surface area contributed by atoms with Gasteiger partial charge < -0.3 is 4.57 Å². The molecule has 2 aromatic carbocycles. The lowest BCUT2D eigenvalue weighted by Gasteiger charge is -2.07. The number of halogens is 1. The second kappa shape index (κ2) is 4.70. The third-order valence-electron chi connectivity index (χ3n) is 3.75. The number of hydrogen-bond donors (Lipinski definition) is 0. The van der Waals surface area contributed by atoms with Gasteiger partial charge in [-0.1, -0.05) is 12.1 Å². The van der Waals surface area contributed by atoms with Gasteiger partial charge in [0.1, 0.15) is 5.82 Å². The number of nitrogens with zero attached hydrogens (tertiary/aromatic N) is 2. The molecule has 0 saturated carbocycles. The second-order valence-electron chi connectivity index (χ2n) is 5.18. The molecule has 0 atom stereocenters. The van der Waals surface area contributed by atoms with E-state index in [0.29, 0.717) is 0 Å². The minimum absolute atomic E-state index is 0.197. The number of benzene rings is 2. The molecule has 2 aromatic heterocycles. The van der Waals surface area contributed by atoms with Crippen LogP contribution in [0.2, 0.25) is 0 Å². The summed E-state index contributed by atoms with van der Waals surface area (Å²) in [6.07, 6.45) is 3.80. The molecule has 2 heterocycles. The minimum atomic E-state index is -0.197. The van der Waals surface area contributed by atoms with Gasteiger partial charge in [-0.25, -0.2) is 4.39 Å². The Morgan fingerprint density at radius 2 is 1.90 bits per heavy atom. The highest BCUT2D eigenvalue weighted by molar-refractivity contribution is 5.81. The molecule has 21 heavy (non-hydrogen) atoms. The van der Waals surface area contributed by atoms with Gasteiger partial charge in [-0.2, -0.15) is 0 Å². The van der Waals surface area contributed by atoms with Crippen LogP contribution in [0, 0.1) is 5.82 Å². The standard InChI is InChI=1S/C18H13FN2/c19-16-4-6-18-15(11-16)7-9-21(18)12-13-3-5-17-14(10-13)2-1-8-20-17/h1-11H,12H2. The van der Waals surface area contributed by atoms with Crippen molar-refractivity contribution in [3.8, 4) is 0 Å². The topological polar surface area (TPSA) is 17.8 Å². The summed E-state index contributed by atoms with van der Waals surface area (Å²) in [5, 5.41) is 2.06. The van der Waals surface area contributed by atoms with Gasteiger partial charge >= 0.3 is 0 Å². The van der Waals surface area contributed by atoms with Crippen molar-refractivity contribution in [2.24, 2.45) is 0 Å². The van der Waals surface area contributed by atoms with Crippen LogP contribution in [-0.2, 0) is 6.54 Å². The fourth-order valence-corrected chi connectivity index (χ4v) is 2.73. The Bertz CT molecular complexity index is 940. The van der Waals surface area contributed by atoms with E-state index in [-0.39, 0.29) is 5.82 Å². The van der Waals surface area contributed by atoms with Gasteiger partial charge in [-0.05, 0) is 48.0 Å². The van der Waals surface area contributed by atoms with Crippen LogP contribution in [0.5, 0.6) is 0 Å². The highest BCUT2D eigenvalue weighted by Crippen LogP contribution is 2.20. The molecule has 102 valence electrons. The van der Waals surface area contributed by atoms with E-state index >= 15 is 0 Å². The zero-order chi connectivity index (χ0) is 14.2. The molecule has 0 aliphatic rings. The van der Waals surface area contributed by atoms with Crippen molar-refractivity contribution in [2.45, 2.75) is 6.54 Å². The fourth-order valence-electron chi connectivity index (χ4n) is 2.73. The van der Waals surface area contributed by atoms with E-state index in [2.05, 4.69) is 27.8 Å². The summed E-state index contributed by atoms with van der Waals surface area (Å²) < 4.78 is 15.4. The quantitative estimate of drug-likeness (QED) is 0.531. The Morgan fingerprint density at radius 3 is 2.86 bits per heavy atom. The first kappa shape index (κ1) is 12.1. The van der Waals surface area contributed by atoms with Crippen LogP contribution >= 0.6 is 0 Å². The zero-order valence-corrected chi connectivity index (χ0v) is 11.3. The highest BCUT2D eigenvalue weighted by Gasteiger charge is 2.04. The van der Waals surface area contributed by atoms with Crippen LogP contribution < -0.4 is 0 Å². The Morgan fingerprint density at radius 1 is 0.952 bits per heavy atom. The first-order chi connectivity index (χ1) is 10.3. The van der Waals surface area contributed by atoms with Crippen LogP contribution in [0.3, 0.4) is 0 Å². The van der Waals surface area contributed by atoms with Gasteiger partial charge in [0, 0.05) is 35.2 Å². The van der Waals surface area contributed by atoms with Crippen molar-refractivity contribution in [2.75, 3.05) is 0 Å². The molecule has 0 unspecified atom stereocenters. The number of pyridine rings is 1. The van der Waals surface area contributed by atoms with Crippen LogP contribution in [0.4, 0.5) is 4.39 Å². The monoisotopic (exact) mass is 276 g/mol. The van der Waals surface area contributed by atoms with Crippen molar-refractivity contribution in [3.63, 3.8) is 0 Å². The molecule has 3 heteroatoms. The summed E-state index contributed by atoms with van der Waals surface area (Å²) in [6, 6.07) is 17.1. The lowest BCUT2D eigenvalue weighted by atomic mass is 10.1. The predicted molar refractivity (Wildman–Crippen MR) is 82.7 cm³/mol. The molecule has 0 radical (unpaired) electrons. The van der Waals surface area contributed by atoms with E-state index < -0.39 is 0 Å². The van der Waals surface area contributed by atoms with Gasteiger partial charge in [0.05, 0.1) is 5.52 Å². The summed E-state index contributed by atoms with van der Waals surface area (Å²) >= 11 is 0. The molecule has 0 saturated heterocycles. The Hall–Kier alpha value is -2.68. The maximum atomic E-state index is 13.2. The molecule has 0 aliphatic carbocycles. The zero-order valence-electron chi connectivity index (χ0n) is 11.3. The van der Waals surface area contributed by atoms with E-state index in [1.807, 2.05) is 30.5 Å². The molecule has 0 N–H and O–H groups in total. The van der Waals surface area contributed by atoms with E-state index in [9.17, 15) is 4.39 Å². The highest BCUT2D eigenvalue weighted by atomic mass is 19.1. The van der Waals surface area contributed by atoms with Crippen LogP contribution in [0.1, 0.15) is 5.56 Å². The molecule has 0 amide bonds. The van der Waals surface area contributed by atoms with E-state index in [1.165, 1.54) is 11.6 Å². The van der Waals surface area contributed by atoms with Crippen LogP contribution in [0.15, 0.2) is 67.0 Å². The van der Waals surface area contributed by atoms with E-state index in [4.69, 9.17) is 0 Å². The minimum Gasteiger partial charge on any atom is -0.343 e. The Balaban J connectivity index is 1.75. The average Bonchev–Trinajstić information content (AvgIpc) is 2.89. The molecule has 4 aromatic rings. The average molecular weight is 276 g/mol. The SMILES string of the molecule is Fc1ccc2c(ccn2Cc2ccc3ncccc3c2)c1. The normalized spacial score (nSPS) is 11.3. The largest absolute Gasteiger partial charge is 0.343 e. The molecule has 0 spiro atoms. The first-order valence-electron chi connectivity index (χ1n) is 6.88. The third kappa shape index (κ3) is 2.17.